The van der Waals surface area contributed by atoms with Crippen molar-refractivity contribution in [3.05, 3.63) is 59.1 Å². The number of nitrogens with zero attached hydrogens (tertiary/aromatic N) is 2. The zero-order valence-corrected chi connectivity index (χ0v) is 18.3. The van der Waals surface area contributed by atoms with E-state index in [4.69, 9.17) is 16.3 Å². The van der Waals surface area contributed by atoms with E-state index in [1.54, 1.807) is 53.4 Å². The van der Waals surface area contributed by atoms with Crippen molar-refractivity contribution in [1.29, 1.82) is 0 Å². The van der Waals surface area contributed by atoms with Gasteiger partial charge < -0.3 is 20.1 Å². The second-order valence-electron chi connectivity index (χ2n) is 8.00. The van der Waals surface area contributed by atoms with E-state index in [0.717, 1.165) is 10.5 Å². The fraction of sp³-hybridized carbons (Fsp3) is 0.348. The number of benzene rings is 2. The first-order valence-corrected chi connectivity index (χ1v) is 10.7. The van der Waals surface area contributed by atoms with Gasteiger partial charge in [-0.15, -0.1) is 0 Å². The monoisotopic (exact) mass is 457 g/mol. The van der Waals surface area contributed by atoms with E-state index >= 15 is 0 Å². The van der Waals surface area contributed by atoms with Crippen molar-refractivity contribution in [3.63, 3.8) is 0 Å². The molecule has 8 nitrogen and oxygen atoms in total. The molecular weight excluding hydrogens is 434 g/mol. The Balaban J connectivity index is 1.36. The topological polar surface area (TPSA) is 99.2 Å². The van der Waals surface area contributed by atoms with Crippen LogP contribution in [0.15, 0.2) is 48.5 Å². The van der Waals surface area contributed by atoms with Gasteiger partial charge in [-0.2, -0.15) is 0 Å². The molecule has 2 aromatic rings. The second kappa shape index (κ2) is 8.80. The first kappa shape index (κ1) is 22.1. The van der Waals surface area contributed by atoms with Crippen LogP contribution in [-0.2, 0) is 15.2 Å². The van der Waals surface area contributed by atoms with Gasteiger partial charge in [-0.05, 0) is 54.8 Å². The number of nitrogens with one attached hydrogen (secondary N) is 1. The summed E-state index contributed by atoms with van der Waals surface area (Å²) in [6.45, 7) is 0.712. The Bertz CT molecular complexity index is 1020. The number of urea groups is 1. The van der Waals surface area contributed by atoms with E-state index < -0.39 is 23.6 Å². The Kier molecular flexibility index (Phi) is 6.08. The lowest BCUT2D eigenvalue weighted by molar-refractivity contribution is -0.137. The molecule has 2 heterocycles. The molecule has 168 valence electrons. The van der Waals surface area contributed by atoms with Gasteiger partial charge in [-0.25, -0.2) is 9.69 Å². The molecule has 1 atom stereocenters. The number of rotatable bonds is 5. The second-order valence-corrected chi connectivity index (χ2v) is 8.43. The molecular formula is C23H24ClN3O5. The third kappa shape index (κ3) is 4.28. The van der Waals surface area contributed by atoms with Gasteiger partial charge in [0.1, 0.15) is 11.8 Å². The molecule has 0 aromatic heterocycles. The molecule has 2 aliphatic heterocycles. The van der Waals surface area contributed by atoms with E-state index in [1.807, 2.05) is 0 Å². The Morgan fingerprint density at radius 3 is 2.34 bits per heavy atom. The summed E-state index contributed by atoms with van der Waals surface area (Å²) in [7, 11) is 1.53. The molecule has 4 amide bonds. The summed E-state index contributed by atoms with van der Waals surface area (Å²) in [5.74, 6) is -0.0993. The molecule has 0 aliphatic carbocycles. The zero-order chi connectivity index (χ0) is 22.9. The average molecular weight is 458 g/mol. The van der Waals surface area contributed by atoms with Gasteiger partial charge in [0.05, 0.1) is 24.8 Å². The van der Waals surface area contributed by atoms with Gasteiger partial charge in [-0.1, -0.05) is 23.7 Å². The van der Waals surface area contributed by atoms with Crippen LogP contribution >= 0.6 is 11.6 Å². The van der Waals surface area contributed by atoms with Crippen molar-refractivity contribution in [2.75, 3.05) is 25.1 Å². The highest BCUT2D eigenvalue weighted by Gasteiger charge is 2.42. The van der Waals surface area contributed by atoms with Crippen LogP contribution < -0.4 is 15.0 Å². The molecule has 4 rings (SSSR count). The van der Waals surface area contributed by atoms with Crippen LogP contribution in [-0.4, -0.2) is 54.1 Å². The van der Waals surface area contributed by atoms with Crippen LogP contribution in [0.4, 0.5) is 10.5 Å². The van der Waals surface area contributed by atoms with Crippen LogP contribution in [0.3, 0.4) is 0 Å². The summed E-state index contributed by atoms with van der Waals surface area (Å²) >= 11 is 5.93. The van der Waals surface area contributed by atoms with Crippen molar-refractivity contribution in [2.45, 2.75) is 30.9 Å². The highest BCUT2D eigenvalue weighted by molar-refractivity contribution is 6.30. The molecule has 0 unspecified atom stereocenters. The maximum atomic E-state index is 12.8. The van der Waals surface area contributed by atoms with E-state index in [0.29, 0.717) is 42.4 Å². The molecule has 2 aliphatic rings. The molecule has 0 saturated carbocycles. The van der Waals surface area contributed by atoms with Crippen LogP contribution in [0.2, 0.25) is 5.02 Å². The Labute approximate surface area is 190 Å². The number of anilines is 1. The van der Waals surface area contributed by atoms with Crippen molar-refractivity contribution in [3.8, 4) is 5.75 Å². The number of halogens is 1. The number of amides is 4. The number of carbonyl (C=O) groups is 3. The molecule has 0 bridgehead atoms. The van der Waals surface area contributed by atoms with E-state index in [9.17, 15) is 19.5 Å². The summed E-state index contributed by atoms with van der Waals surface area (Å²) < 4.78 is 5.10. The van der Waals surface area contributed by atoms with Crippen molar-refractivity contribution in [1.82, 2.24) is 10.2 Å². The fourth-order valence-corrected chi connectivity index (χ4v) is 4.25. The molecule has 9 heteroatoms. The van der Waals surface area contributed by atoms with E-state index in [-0.39, 0.29) is 12.3 Å². The van der Waals surface area contributed by atoms with Gasteiger partial charge in [-0.3, -0.25) is 9.59 Å². The number of likely N-dealkylation sites (tertiary alicyclic amines) is 1. The largest absolute Gasteiger partial charge is 0.497 e. The van der Waals surface area contributed by atoms with Crippen molar-refractivity contribution < 1.29 is 24.2 Å². The molecule has 32 heavy (non-hydrogen) atoms. The minimum atomic E-state index is -1.02. The maximum absolute atomic E-state index is 12.8. The number of piperidine rings is 1. The first-order chi connectivity index (χ1) is 15.3. The lowest BCUT2D eigenvalue weighted by Crippen LogP contribution is -2.47. The van der Waals surface area contributed by atoms with Crippen LogP contribution in [0.5, 0.6) is 5.75 Å². The summed E-state index contributed by atoms with van der Waals surface area (Å²) in [4.78, 5) is 40.6. The van der Waals surface area contributed by atoms with Gasteiger partial charge in [0.25, 0.3) is 5.91 Å². The van der Waals surface area contributed by atoms with E-state index in [1.165, 1.54) is 7.11 Å². The van der Waals surface area contributed by atoms with Gasteiger partial charge >= 0.3 is 6.03 Å². The number of aliphatic hydroxyl groups is 1. The average Bonchev–Trinajstić information content (AvgIpc) is 3.07. The maximum Gasteiger partial charge on any atom is 0.329 e. The number of ether oxygens (including phenoxy) is 1. The number of imide groups is 1. The normalized spacial score (nSPS) is 20.3. The highest BCUT2D eigenvalue weighted by Crippen LogP contribution is 2.34. The Morgan fingerprint density at radius 1 is 1.12 bits per heavy atom. The highest BCUT2D eigenvalue weighted by atomic mass is 35.5. The predicted octanol–water partition coefficient (Wildman–Crippen LogP) is 2.67. The molecule has 2 saturated heterocycles. The number of hydrogen-bond donors (Lipinski definition) is 2. The van der Waals surface area contributed by atoms with Crippen LogP contribution in [0.25, 0.3) is 0 Å². The molecule has 0 radical (unpaired) electrons. The van der Waals surface area contributed by atoms with E-state index in [2.05, 4.69) is 5.32 Å². The van der Waals surface area contributed by atoms with Gasteiger partial charge in [0, 0.05) is 18.1 Å². The van der Waals surface area contributed by atoms with Crippen LogP contribution in [0, 0.1) is 0 Å². The summed E-state index contributed by atoms with van der Waals surface area (Å²) in [6, 6.07) is 12.1. The lowest BCUT2D eigenvalue weighted by Gasteiger charge is -2.38. The summed E-state index contributed by atoms with van der Waals surface area (Å²) in [5, 5.41) is 14.2. The summed E-state index contributed by atoms with van der Waals surface area (Å²) in [6.07, 6.45) is 0.628. The molecule has 2 N–H and O–H groups in total. The quantitative estimate of drug-likeness (QED) is 0.672. The molecule has 2 fully saturated rings. The van der Waals surface area contributed by atoms with Crippen molar-refractivity contribution in [2.24, 2.45) is 0 Å². The number of hydrogen-bond acceptors (Lipinski definition) is 5. The van der Waals surface area contributed by atoms with Gasteiger partial charge in [0.15, 0.2) is 0 Å². The Morgan fingerprint density at radius 2 is 1.75 bits per heavy atom. The summed E-state index contributed by atoms with van der Waals surface area (Å²) in [5.41, 5.74) is 0.154. The lowest BCUT2D eigenvalue weighted by atomic mass is 9.84. The van der Waals surface area contributed by atoms with Gasteiger partial charge in [0.2, 0.25) is 5.91 Å². The zero-order valence-electron chi connectivity index (χ0n) is 17.6. The third-order valence-corrected chi connectivity index (χ3v) is 6.31. The standard InChI is InChI=1S/C23H24ClN3O5/c1-32-18-8-6-17(7-9-18)27-21(29)19(25-22(27)30)14-20(28)26-12-10-23(31,11-13-26)15-2-4-16(24)5-3-15/h2-9,19,31H,10-14H2,1H3,(H,25,30)/t19-/m1/s1. The minimum absolute atomic E-state index is 0.128. The Hall–Kier alpha value is -3.10. The fourth-order valence-electron chi connectivity index (χ4n) is 4.12. The minimum Gasteiger partial charge on any atom is -0.497 e. The first-order valence-electron chi connectivity index (χ1n) is 10.4. The SMILES string of the molecule is COc1ccc(N2C(=O)N[C@H](CC(=O)N3CCC(O)(c4ccc(Cl)cc4)CC3)C2=O)cc1. The van der Waals surface area contributed by atoms with Crippen molar-refractivity contribution >= 4 is 35.1 Å². The predicted molar refractivity (Wildman–Crippen MR) is 119 cm³/mol. The molecule has 2 aromatic carbocycles. The number of methoxy groups -OCH3 is 1. The third-order valence-electron chi connectivity index (χ3n) is 6.05. The smallest absolute Gasteiger partial charge is 0.329 e. The number of carbonyl (C=O) groups excluding carboxylic acids is 3. The van der Waals surface area contributed by atoms with Crippen LogP contribution in [0.1, 0.15) is 24.8 Å². The molecule has 0 spiro atoms.